The van der Waals surface area contributed by atoms with Crippen molar-refractivity contribution in [2.24, 2.45) is 5.73 Å². The number of nitrogens with zero attached hydrogens (tertiary/aromatic N) is 4. The molecule has 2 aromatic heterocycles. The maximum absolute atomic E-state index is 5.59. The highest BCUT2D eigenvalue weighted by Crippen LogP contribution is 2.22. The standard InChI is InChI=1S/C17H21N5/c1-13(2)22-12-16(11-20-22)21-10-9-19-17(21)15-5-3-14(4-6-15)7-8-18/h3-6,9-13H,7-8,18H2,1-2H3. The molecule has 0 bridgehead atoms. The van der Waals surface area contributed by atoms with Gasteiger partial charge < -0.3 is 5.73 Å². The number of hydrogen-bond donors (Lipinski definition) is 1. The van der Waals surface area contributed by atoms with Gasteiger partial charge in [-0.05, 0) is 32.4 Å². The van der Waals surface area contributed by atoms with Crippen molar-refractivity contribution in [1.82, 2.24) is 19.3 Å². The van der Waals surface area contributed by atoms with Crippen LogP contribution in [0.1, 0.15) is 25.5 Å². The Morgan fingerprint density at radius 2 is 1.95 bits per heavy atom. The highest BCUT2D eigenvalue weighted by molar-refractivity contribution is 5.58. The van der Waals surface area contributed by atoms with Crippen molar-refractivity contribution in [3.63, 3.8) is 0 Å². The third-order valence-corrected chi connectivity index (χ3v) is 3.68. The van der Waals surface area contributed by atoms with E-state index in [2.05, 4.69) is 52.8 Å². The molecule has 0 saturated carbocycles. The van der Waals surface area contributed by atoms with Crippen LogP contribution in [0.25, 0.3) is 17.1 Å². The van der Waals surface area contributed by atoms with E-state index in [4.69, 9.17) is 5.73 Å². The summed E-state index contributed by atoms with van der Waals surface area (Å²) in [4.78, 5) is 4.49. The van der Waals surface area contributed by atoms with Gasteiger partial charge in [-0.25, -0.2) is 4.98 Å². The zero-order valence-corrected chi connectivity index (χ0v) is 13.0. The van der Waals surface area contributed by atoms with Crippen LogP contribution in [0.4, 0.5) is 0 Å². The Bertz CT molecular complexity index is 737. The van der Waals surface area contributed by atoms with E-state index in [1.807, 2.05) is 29.5 Å². The van der Waals surface area contributed by atoms with Gasteiger partial charge in [0.05, 0.1) is 11.9 Å². The SMILES string of the molecule is CC(C)n1cc(-n2ccnc2-c2ccc(CCN)cc2)cn1. The fourth-order valence-electron chi connectivity index (χ4n) is 2.45. The fraction of sp³-hybridized carbons (Fsp3) is 0.294. The predicted molar refractivity (Wildman–Crippen MR) is 87.9 cm³/mol. The molecule has 0 unspecified atom stereocenters. The summed E-state index contributed by atoms with van der Waals surface area (Å²) in [6, 6.07) is 8.75. The Hall–Kier alpha value is -2.40. The van der Waals surface area contributed by atoms with Crippen LogP contribution in [0.3, 0.4) is 0 Å². The highest BCUT2D eigenvalue weighted by atomic mass is 15.3. The minimum absolute atomic E-state index is 0.344. The molecule has 0 saturated heterocycles. The van der Waals surface area contributed by atoms with E-state index >= 15 is 0 Å². The van der Waals surface area contributed by atoms with E-state index in [0.717, 1.165) is 23.5 Å². The smallest absolute Gasteiger partial charge is 0.144 e. The predicted octanol–water partition coefficient (Wildman–Crippen LogP) is 2.82. The third-order valence-electron chi connectivity index (χ3n) is 3.68. The molecule has 114 valence electrons. The van der Waals surface area contributed by atoms with Crippen molar-refractivity contribution in [1.29, 1.82) is 0 Å². The molecular weight excluding hydrogens is 274 g/mol. The van der Waals surface area contributed by atoms with Gasteiger partial charge in [0.1, 0.15) is 5.82 Å². The summed E-state index contributed by atoms with van der Waals surface area (Å²) >= 11 is 0. The normalized spacial score (nSPS) is 11.3. The lowest BCUT2D eigenvalue weighted by Crippen LogP contribution is -2.02. The van der Waals surface area contributed by atoms with Gasteiger partial charge in [-0.1, -0.05) is 24.3 Å². The van der Waals surface area contributed by atoms with Crippen LogP contribution in [-0.2, 0) is 6.42 Å². The first-order valence-corrected chi connectivity index (χ1v) is 7.56. The number of rotatable bonds is 5. The number of benzene rings is 1. The quantitative estimate of drug-likeness (QED) is 0.787. The van der Waals surface area contributed by atoms with Gasteiger partial charge >= 0.3 is 0 Å². The largest absolute Gasteiger partial charge is 0.330 e. The van der Waals surface area contributed by atoms with Crippen LogP contribution in [0.15, 0.2) is 49.1 Å². The first kappa shape index (κ1) is 14.5. The van der Waals surface area contributed by atoms with Crippen molar-refractivity contribution in [2.45, 2.75) is 26.3 Å². The summed E-state index contributed by atoms with van der Waals surface area (Å²) in [6.45, 7) is 4.89. The zero-order chi connectivity index (χ0) is 15.5. The molecule has 0 spiro atoms. The summed E-state index contributed by atoms with van der Waals surface area (Å²) in [5.74, 6) is 0.919. The first-order chi connectivity index (χ1) is 10.7. The van der Waals surface area contributed by atoms with Crippen molar-refractivity contribution >= 4 is 0 Å². The van der Waals surface area contributed by atoms with Crippen LogP contribution in [-0.4, -0.2) is 25.9 Å². The summed E-state index contributed by atoms with van der Waals surface area (Å²) < 4.78 is 4.01. The molecule has 0 fully saturated rings. The van der Waals surface area contributed by atoms with Gasteiger partial charge in [-0.15, -0.1) is 0 Å². The van der Waals surface area contributed by atoms with Gasteiger partial charge in [0.25, 0.3) is 0 Å². The number of hydrogen-bond acceptors (Lipinski definition) is 3. The van der Waals surface area contributed by atoms with Gasteiger partial charge in [0, 0.05) is 30.2 Å². The Morgan fingerprint density at radius 3 is 2.59 bits per heavy atom. The molecule has 0 aliphatic carbocycles. The van der Waals surface area contributed by atoms with Crippen molar-refractivity contribution in [3.05, 3.63) is 54.6 Å². The maximum Gasteiger partial charge on any atom is 0.144 e. The number of aromatic nitrogens is 4. The molecule has 3 rings (SSSR count). The van der Waals surface area contributed by atoms with E-state index in [1.54, 1.807) is 0 Å². The lowest BCUT2D eigenvalue weighted by atomic mass is 10.1. The molecule has 1 aromatic carbocycles. The topological polar surface area (TPSA) is 61.7 Å². The van der Waals surface area contributed by atoms with Crippen LogP contribution < -0.4 is 5.73 Å². The minimum atomic E-state index is 0.344. The lowest BCUT2D eigenvalue weighted by Gasteiger charge is -2.07. The molecule has 2 heterocycles. The van der Waals surface area contributed by atoms with E-state index in [9.17, 15) is 0 Å². The summed E-state index contributed by atoms with van der Waals surface area (Å²) in [7, 11) is 0. The third kappa shape index (κ3) is 2.80. The van der Waals surface area contributed by atoms with Gasteiger partial charge in [-0.2, -0.15) is 5.10 Å². The molecule has 3 aromatic rings. The lowest BCUT2D eigenvalue weighted by molar-refractivity contribution is 0.532. The summed E-state index contributed by atoms with van der Waals surface area (Å²) in [6.07, 6.45) is 8.59. The minimum Gasteiger partial charge on any atom is -0.330 e. The summed E-state index contributed by atoms with van der Waals surface area (Å²) in [5, 5.41) is 4.40. The molecule has 22 heavy (non-hydrogen) atoms. The molecular formula is C17H21N5. The zero-order valence-electron chi connectivity index (χ0n) is 13.0. The van der Waals surface area contributed by atoms with Crippen molar-refractivity contribution in [3.8, 4) is 17.1 Å². The van der Waals surface area contributed by atoms with Crippen LogP contribution in [0.5, 0.6) is 0 Å². The fourth-order valence-corrected chi connectivity index (χ4v) is 2.45. The molecule has 0 aliphatic rings. The second-order valence-corrected chi connectivity index (χ2v) is 5.63. The van der Waals surface area contributed by atoms with E-state index in [1.165, 1.54) is 5.56 Å². The number of imidazole rings is 1. The molecule has 0 aliphatic heterocycles. The van der Waals surface area contributed by atoms with E-state index < -0.39 is 0 Å². The van der Waals surface area contributed by atoms with Gasteiger partial charge in [-0.3, -0.25) is 9.25 Å². The average Bonchev–Trinajstić information content (AvgIpc) is 3.17. The van der Waals surface area contributed by atoms with Gasteiger partial charge in [0.15, 0.2) is 0 Å². The molecule has 5 heteroatoms. The van der Waals surface area contributed by atoms with Gasteiger partial charge in [0.2, 0.25) is 0 Å². The molecule has 0 amide bonds. The highest BCUT2D eigenvalue weighted by Gasteiger charge is 2.10. The van der Waals surface area contributed by atoms with Crippen molar-refractivity contribution in [2.75, 3.05) is 6.54 Å². The second kappa shape index (κ2) is 6.15. The first-order valence-electron chi connectivity index (χ1n) is 7.56. The molecule has 0 radical (unpaired) electrons. The molecule has 0 atom stereocenters. The average molecular weight is 295 g/mol. The Morgan fingerprint density at radius 1 is 1.18 bits per heavy atom. The van der Waals surface area contributed by atoms with E-state index in [0.29, 0.717) is 12.6 Å². The Labute approximate surface area is 130 Å². The van der Waals surface area contributed by atoms with Crippen molar-refractivity contribution < 1.29 is 0 Å². The number of nitrogens with two attached hydrogens (primary N) is 1. The summed E-state index contributed by atoms with van der Waals surface area (Å²) in [5.41, 5.74) is 8.95. The Kier molecular flexibility index (Phi) is 4.06. The van der Waals surface area contributed by atoms with Crippen LogP contribution in [0.2, 0.25) is 0 Å². The van der Waals surface area contributed by atoms with Crippen LogP contribution >= 0.6 is 0 Å². The van der Waals surface area contributed by atoms with E-state index in [-0.39, 0.29) is 0 Å². The maximum atomic E-state index is 5.59. The molecule has 5 nitrogen and oxygen atoms in total. The second-order valence-electron chi connectivity index (χ2n) is 5.63. The molecule has 2 N–H and O–H groups in total. The monoisotopic (exact) mass is 295 g/mol. The van der Waals surface area contributed by atoms with Crippen LogP contribution in [0, 0.1) is 0 Å². The Balaban J connectivity index is 1.94.